The SMILES string of the molecule is COc1ccc(S(=O)(=O)NCCN2c3cc(F)ccc3N(C)S2(=O)=O)cc1OC. The van der Waals surface area contributed by atoms with E-state index < -0.39 is 26.0 Å². The van der Waals surface area contributed by atoms with Crippen LogP contribution in [0.4, 0.5) is 15.8 Å². The van der Waals surface area contributed by atoms with Crippen molar-refractivity contribution in [1.29, 1.82) is 0 Å². The predicted octanol–water partition coefficient (Wildman–Crippen LogP) is 1.32. The van der Waals surface area contributed by atoms with E-state index >= 15 is 0 Å². The van der Waals surface area contributed by atoms with Crippen LogP contribution in [0.5, 0.6) is 11.5 Å². The Morgan fingerprint density at radius 3 is 2.38 bits per heavy atom. The Bertz CT molecular complexity index is 1140. The highest BCUT2D eigenvalue weighted by Crippen LogP contribution is 2.39. The van der Waals surface area contributed by atoms with E-state index in [4.69, 9.17) is 9.47 Å². The minimum Gasteiger partial charge on any atom is -0.493 e. The maximum atomic E-state index is 13.6. The maximum Gasteiger partial charge on any atom is 0.326 e. The van der Waals surface area contributed by atoms with E-state index in [1.807, 2.05) is 0 Å². The molecule has 1 heterocycles. The van der Waals surface area contributed by atoms with Gasteiger partial charge in [-0.3, -0.25) is 4.31 Å². The van der Waals surface area contributed by atoms with Crippen molar-refractivity contribution >= 4 is 31.6 Å². The molecular formula is C17H20FN3O6S2. The summed E-state index contributed by atoms with van der Waals surface area (Å²) in [4.78, 5) is -0.0667. The van der Waals surface area contributed by atoms with E-state index in [-0.39, 0.29) is 29.4 Å². The molecule has 0 aromatic heterocycles. The molecule has 0 bridgehead atoms. The molecule has 9 nitrogen and oxygen atoms in total. The van der Waals surface area contributed by atoms with Gasteiger partial charge < -0.3 is 9.47 Å². The number of fused-ring (bicyclic) bond motifs is 1. The second kappa shape index (κ2) is 7.69. The van der Waals surface area contributed by atoms with Gasteiger partial charge in [-0.05, 0) is 24.3 Å². The van der Waals surface area contributed by atoms with Crippen molar-refractivity contribution in [3.63, 3.8) is 0 Å². The largest absolute Gasteiger partial charge is 0.493 e. The topological polar surface area (TPSA) is 105 Å². The van der Waals surface area contributed by atoms with Gasteiger partial charge in [-0.2, -0.15) is 8.42 Å². The molecule has 3 rings (SSSR count). The van der Waals surface area contributed by atoms with Crippen molar-refractivity contribution in [2.45, 2.75) is 4.90 Å². The fourth-order valence-electron chi connectivity index (χ4n) is 2.94. The minimum absolute atomic E-state index is 0.0667. The molecular weight excluding hydrogens is 425 g/mol. The molecule has 0 amide bonds. The van der Waals surface area contributed by atoms with E-state index in [9.17, 15) is 21.2 Å². The van der Waals surface area contributed by atoms with Gasteiger partial charge in [0.1, 0.15) is 5.82 Å². The van der Waals surface area contributed by atoms with Gasteiger partial charge >= 0.3 is 10.2 Å². The Labute approximate surface area is 168 Å². The van der Waals surface area contributed by atoms with Gasteiger partial charge in [0.05, 0.1) is 30.5 Å². The number of hydrogen-bond acceptors (Lipinski definition) is 6. The average molecular weight is 445 g/mol. The second-order valence-corrected chi connectivity index (χ2v) is 9.75. The molecule has 29 heavy (non-hydrogen) atoms. The standard InChI is InChI=1S/C17H20FN3O6S2/c1-20-14-6-4-12(18)10-15(14)21(29(20,24)25)9-8-19-28(22,23)13-5-7-16(26-2)17(11-13)27-3/h4-7,10-11,19H,8-9H2,1-3H3. The average Bonchev–Trinajstić information content (AvgIpc) is 2.87. The molecule has 0 spiro atoms. The third-order valence-electron chi connectivity index (χ3n) is 4.44. The van der Waals surface area contributed by atoms with Crippen LogP contribution >= 0.6 is 0 Å². The molecule has 0 fully saturated rings. The Morgan fingerprint density at radius 2 is 1.72 bits per heavy atom. The monoisotopic (exact) mass is 445 g/mol. The lowest BCUT2D eigenvalue weighted by atomic mass is 10.2. The first-order valence-corrected chi connectivity index (χ1v) is 11.3. The number of methoxy groups -OCH3 is 2. The zero-order valence-electron chi connectivity index (χ0n) is 15.9. The predicted molar refractivity (Wildman–Crippen MR) is 106 cm³/mol. The summed E-state index contributed by atoms with van der Waals surface area (Å²) in [5, 5.41) is 0. The van der Waals surface area contributed by atoms with Gasteiger partial charge in [-0.1, -0.05) is 0 Å². The molecule has 2 aromatic carbocycles. The van der Waals surface area contributed by atoms with E-state index in [0.717, 1.165) is 20.7 Å². The number of ether oxygens (including phenoxy) is 2. The van der Waals surface area contributed by atoms with Gasteiger partial charge in [0, 0.05) is 32.3 Å². The molecule has 1 N–H and O–H groups in total. The lowest BCUT2D eigenvalue weighted by Crippen LogP contribution is -2.40. The molecule has 0 saturated heterocycles. The lowest BCUT2D eigenvalue weighted by molar-refractivity contribution is 0.354. The van der Waals surface area contributed by atoms with E-state index in [1.165, 1.54) is 45.5 Å². The molecule has 12 heteroatoms. The molecule has 1 aliphatic heterocycles. The third-order valence-corrected chi connectivity index (χ3v) is 7.73. The quantitative estimate of drug-likeness (QED) is 0.689. The maximum absolute atomic E-state index is 13.6. The number of halogens is 1. The summed E-state index contributed by atoms with van der Waals surface area (Å²) < 4.78 is 78.3. The van der Waals surface area contributed by atoms with Gasteiger partial charge in [-0.25, -0.2) is 21.8 Å². The summed E-state index contributed by atoms with van der Waals surface area (Å²) in [6.07, 6.45) is 0. The van der Waals surface area contributed by atoms with Crippen LogP contribution in [-0.2, 0) is 20.2 Å². The Balaban J connectivity index is 1.78. The second-order valence-electron chi connectivity index (χ2n) is 6.10. The van der Waals surface area contributed by atoms with Gasteiger partial charge in [0.15, 0.2) is 11.5 Å². The fourth-order valence-corrected chi connectivity index (χ4v) is 5.39. The molecule has 0 saturated carbocycles. The Hall–Kier alpha value is -2.57. The highest BCUT2D eigenvalue weighted by molar-refractivity contribution is 7.94. The van der Waals surface area contributed by atoms with E-state index in [0.29, 0.717) is 11.4 Å². The normalized spacial score (nSPS) is 15.3. The highest BCUT2D eigenvalue weighted by atomic mass is 32.2. The summed E-state index contributed by atoms with van der Waals surface area (Å²) >= 11 is 0. The summed E-state index contributed by atoms with van der Waals surface area (Å²) in [6, 6.07) is 7.70. The molecule has 0 radical (unpaired) electrons. The molecule has 0 unspecified atom stereocenters. The smallest absolute Gasteiger partial charge is 0.326 e. The van der Waals surface area contributed by atoms with Crippen LogP contribution in [0.3, 0.4) is 0 Å². The fraction of sp³-hybridized carbons (Fsp3) is 0.294. The van der Waals surface area contributed by atoms with Crippen LogP contribution in [0.25, 0.3) is 0 Å². The van der Waals surface area contributed by atoms with Crippen molar-refractivity contribution in [3.8, 4) is 11.5 Å². The van der Waals surface area contributed by atoms with Crippen LogP contribution in [0.2, 0.25) is 0 Å². The number of sulfonamides is 1. The number of benzene rings is 2. The van der Waals surface area contributed by atoms with Crippen LogP contribution in [-0.4, -0.2) is 51.2 Å². The molecule has 158 valence electrons. The van der Waals surface area contributed by atoms with E-state index in [1.54, 1.807) is 0 Å². The molecule has 0 aliphatic carbocycles. The van der Waals surface area contributed by atoms with Crippen LogP contribution in [0.1, 0.15) is 0 Å². The number of anilines is 2. The van der Waals surface area contributed by atoms with Crippen LogP contribution in [0.15, 0.2) is 41.3 Å². The Kier molecular flexibility index (Phi) is 5.61. The molecule has 0 atom stereocenters. The third kappa shape index (κ3) is 3.82. The summed E-state index contributed by atoms with van der Waals surface area (Å²) in [5.74, 6) is 0.0185. The lowest BCUT2D eigenvalue weighted by Gasteiger charge is -2.19. The van der Waals surface area contributed by atoms with Crippen molar-refractivity contribution in [1.82, 2.24) is 4.72 Å². The number of nitrogens with one attached hydrogen (secondary N) is 1. The van der Waals surface area contributed by atoms with Crippen molar-refractivity contribution in [3.05, 3.63) is 42.2 Å². The Morgan fingerprint density at radius 1 is 1.03 bits per heavy atom. The van der Waals surface area contributed by atoms with E-state index in [2.05, 4.69) is 4.72 Å². The van der Waals surface area contributed by atoms with Crippen molar-refractivity contribution in [2.75, 3.05) is 43.0 Å². The van der Waals surface area contributed by atoms with Crippen molar-refractivity contribution in [2.24, 2.45) is 0 Å². The highest BCUT2D eigenvalue weighted by Gasteiger charge is 2.38. The summed E-state index contributed by atoms with van der Waals surface area (Å²) in [5.41, 5.74) is 0.465. The van der Waals surface area contributed by atoms with Gasteiger partial charge in [0.2, 0.25) is 10.0 Å². The summed E-state index contributed by atoms with van der Waals surface area (Å²) in [7, 11) is -3.70. The summed E-state index contributed by atoms with van der Waals surface area (Å²) in [6.45, 7) is -0.435. The molecule has 2 aromatic rings. The van der Waals surface area contributed by atoms with Gasteiger partial charge in [-0.15, -0.1) is 0 Å². The van der Waals surface area contributed by atoms with Gasteiger partial charge in [0.25, 0.3) is 0 Å². The van der Waals surface area contributed by atoms with Crippen LogP contribution < -0.4 is 22.8 Å². The number of rotatable bonds is 7. The first-order valence-electron chi connectivity index (χ1n) is 8.39. The zero-order chi connectivity index (χ0) is 21.4. The minimum atomic E-state index is -3.94. The van der Waals surface area contributed by atoms with Crippen LogP contribution in [0, 0.1) is 5.82 Å². The zero-order valence-corrected chi connectivity index (χ0v) is 17.5. The first kappa shape index (κ1) is 21.1. The van der Waals surface area contributed by atoms with Crippen molar-refractivity contribution < 1.29 is 30.7 Å². The first-order chi connectivity index (χ1) is 13.6. The molecule has 1 aliphatic rings. The number of nitrogens with zero attached hydrogens (tertiary/aromatic N) is 2. The number of hydrogen-bond donors (Lipinski definition) is 1.